The highest BCUT2D eigenvalue weighted by molar-refractivity contribution is 6.31. The number of nitrogens with two attached hydrogens (primary N) is 1. The van der Waals surface area contributed by atoms with Gasteiger partial charge in [-0.1, -0.05) is 11.6 Å². The summed E-state index contributed by atoms with van der Waals surface area (Å²) in [5.74, 6) is -2.25. The first-order chi connectivity index (χ1) is 28.9. The summed E-state index contributed by atoms with van der Waals surface area (Å²) in [5, 5.41) is 9.45. The maximum atomic E-state index is 15.9. The standard InChI is InChI=1S/C43H45ClFN9O6/c44-32-17-29(4-1-25(32)20-46)60-28-5-2-27(3-6-28)53-38(55)8-7-35(42(53)59)54-40(57)30-18-33(45)36(19-31(30)41(54)58)50-13-9-26(10-14-50)51-15-11-43(23-51)12-16-52(24-43)37-22-48-34(21-49-37)39(47)56/h1,4,17-19,21-22,26-28,35H,2-3,5-16,23-24H2,(H2,47,56)/t27?,28?,35-,43-/m1/s1. The largest absolute Gasteiger partial charge is 0.490 e. The number of amides is 5. The summed E-state index contributed by atoms with van der Waals surface area (Å²) in [6, 6.07) is 8.21. The SMILES string of the molecule is N#Cc1ccc(OC2CCC(N3C(=O)CC[C@@H](N4C(=O)c5cc(F)c(N6CCC(N7CC[C@@]8(CCN(c9cnc(C(N)=O)cn9)C8)C7)CC6)cc5C4=O)C3=O)CC2)cc1Cl. The number of piperidine rings is 2. The molecule has 1 spiro atoms. The third kappa shape index (κ3) is 7.21. The average Bonchev–Trinajstić information content (AvgIpc) is 3.94. The molecular weight excluding hydrogens is 793 g/mol. The molecule has 1 saturated carbocycles. The second-order valence-electron chi connectivity index (χ2n) is 17.0. The molecule has 2 atom stereocenters. The fourth-order valence-electron chi connectivity index (χ4n) is 10.3. The number of hydrogen-bond donors (Lipinski definition) is 1. The summed E-state index contributed by atoms with van der Waals surface area (Å²) in [4.78, 5) is 83.9. The lowest BCUT2D eigenvalue weighted by molar-refractivity contribution is -0.155. The smallest absolute Gasteiger partial charge is 0.268 e. The van der Waals surface area contributed by atoms with Gasteiger partial charge in [0.2, 0.25) is 5.91 Å². The molecule has 1 aliphatic carbocycles. The lowest BCUT2D eigenvalue weighted by Gasteiger charge is -2.41. The number of fused-ring (bicyclic) bond motifs is 1. The lowest BCUT2D eigenvalue weighted by atomic mass is 9.86. The van der Waals surface area contributed by atoms with Gasteiger partial charge in [0.25, 0.3) is 23.6 Å². The highest BCUT2D eigenvalue weighted by atomic mass is 35.5. The molecule has 6 heterocycles. The molecule has 6 aliphatic rings. The Morgan fingerprint density at radius 2 is 1.58 bits per heavy atom. The molecule has 1 aromatic heterocycles. The Morgan fingerprint density at radius 1 is 0.850 bits per heavy atom. The number of primary amides is 1. The average molecular weight is 838 g/mol. The van der Waals surface area contributed by atoms with Crippen LogP contribution in [0.1, 0.15) is 101 Å². The molecule has 15 nitrogen and oxygen atoms in total. The predicted molar refractivity (Wildman–Crippen MR) is 216 cm³/mol. The molecule has 2 aromatic carbocycles. The van der Waals surface area contributed by atoms with Crippen LogP contribution in [0.15, 0.2) is 42.7 Å². The van der Waals surface area contributed by atoms with Crippen molar-refractivity contribution in [1.82, 2.24) is 24.7 Å². The van der Waals surface area contributed by atoms with Crippen molar-refractivity contribution in [2.45, 2.75) is 88.4 Å². The number of rotatable bonds is 8. The van der Waals surface area contributed by atoms with E-state index in [4.69, 9.17) is 27.3 Å². The van der Waals surface area contributed by atoms with Crippen LogP contribution < -0.4 is 20.3 Å². The number of nitriles is 1. The van der Waals surface area contributed by atoms with Crippen LogP contribution in [0.2, 0.25) is 5.02 Å². The number of halogens is 2. The first kappa shape index (κ1) is 39.8. The quantitative estimate of drug-likeness (QED) is 0.318. The lowest BCUT2D eigenvalue weighted by Crippen LogP contribution is -2.59. The van der Waals surface area contributed by atoms with Gasteiger partial charge in [-0.3, -0.25) is 38.7 Å². The topological polar surface area (TPSA) is 186 Å². The molecule has 60 heavy (non-hydrogen) atoms. The van der Waals surface area contributed by atoms with E-state index in [0.717, 1.165) is 68.6 Å². The van der Waals surface area contributed by atoms with Gasteiger partial charge >= 0.3 is 0 Å². The van der Waals surface area contributed by atoms with Crippen molar-refractivity contribution in [2.75, 3.05) is 49.1 Å². The molecule has 4 saturated heterocycles. The van der Waals surface area contributed by atoms with Gasteiger partial charge in [-0.2, -0.15) is 5.26 Å². The first-order valence-electron chi connectivity index (χ1n) is 20.7. The number of carbonyl (C=O) groups excluding carboxylic acids is 5. The Balaban J connectivity index is 0.807. The molecule has 9 rings (SSSR count). The fraction of sp³-hybridized carbons (Fsp3) is 0.488. The zero-order chi connectivity index (χ0) is 41.9. The van der Waals surface area contributed by atoms with Gasteiger partial charge in [-0.15, -0.1) is 0 Å². The Labute approximate surface area is 351 Å². The summed E-state index contributed by atoms with van der Waals surface area (Å²) in [6.45, 7) is 4.79. The van der Waals surface area contributed by atoms with Gasteiger partial charge < -0.3 is 20.3 Å². The molecule has 0 unspecified atom stereocenters. The van der Waals surface area contributed by atoms with Crippen molar-refractivity contribution < 1.29 is 33.1 Å². The molecule has 312 valence electrons. The number of hydrogen-bond acceptors (Lipinski definition) is 12. The van der Waals surface area contributed by atoms with Crippen LogP contribution in [0.5, 0.6) is 5.75 Å². The van der Waals surface area contributed by atoms with Crippen LogP contribution in [-0.4, -0.2) is 118 Å². The van der Waals surface area contributed by atoms with E-state index in [1.165, 1.54) is 17.2 Å². The van der Waals surface area contributed by atoms with E-state index in [1.54, 1.807) is 24.4 Å². The molecule has 0 radical (unpaired) electrons. The Hall–Kier alpha value is -5.66. The van der Waals surface area contributed by atoms with E-state index < -0.39 is 41.5 Å². The molecule has 17 heteroatoms. The van der Waals surface area contributed by atoms with Crippen molar-refractivity contribution in [1.29, 1.82) is 5.26 Å². The highest BCUT2D eigenvalue weighted by Gasteiger charge is 2.50. The van der Waals surface area contributed by atoms with Gasteiger partial charge in [0.05, 0.1) is 45.9 Å². The Bertz CT molecular complexity index is 2310. The number of carbonyl (C=O) groups is 5. The minimum absolute atomic E-state index is 0.00415. The van der Waals surface area contributed by atoms with Crippen LogP contribution >= 0.6 is 11.6 Å². The third-order valence-corrected chi connectivity index (χ3v) is 13.8. The van der Waals surface area contributed by atoms with Crippen molar-refractivity contribution >= 4 is 52.6 Å². The Morgan fingerprint density at radius 3 is 2.27 bits per heavy atom. The van der Waals surface area contributed by atoms with Crippen LogP contribution in [0.3, 0.4) is 0 Å². The summed E-state index contributed by atoms with van der Waals surface area (Å²) >= 11 is 6.17. The summed E-state index contributed by atoms with van der Waals surface area (Å²) in [6.07, 6.45) is 8.64. The van der Waals surface area contributed by atoms with Gasteiger partial charge in [-0.05, 0) is 88.6 Å². The van der Waals surface area contributed by atoms with E-state index >= 15 is 4.39 Å². The van der Waals surface area contributed by atoms with Crippen molar-refractivity contribution in [2.24, 2.45) is 11.1 Å². The van der Waals surface area contributed by atoms with Crippen molar-refractivity contribution in [3.8, 4) is 11.8 Å². The second kappa shape index (κ2) is 15.7. The zero-order valence-electron chi connectivity index (χ0n) is 33.0. The normalized spacial score (nSPS) is 26.3. The van der Waals surface area contributed by atoms with Gasteiger partial charge in [0, 0.05) is 62.7 Å². The molecule has 5 fully saturated rings. The summed E-state index contributed by atoms with van der Waals surface area (Å²) < 4.78 is 22.0. The maximum Gasteiger partial charge on any atom is 0.268 e. The highest BCUT2D eigenvalue weighted by Crippen LogP contribution is 2.43. The number of nitrogens with zero attached hydrogens (tertiary/aromatic N) is 8. The molecule has 2 N–H and O–H groups in total. The number of anilines is 2. The number of likely N-dealkylation sites (tertiary alicyclic amines) is 2. The summed E-state index contributed by atoms with van der Waals surface area (Å²) in [5.41, 5.74) is 6.20. The molecule has 5 amide bonds. The molecule has 3 aromatic rings. The van der Waals surface area contributed by atoms with E-state index in [0.29, 0.717) is 61.2 Å². The van der Waals surface area contributed by atoms with E-state index in [-0.39, 0.29) is 52.8 Å². The molecule has 0 bridgehead atoms. The summed E-state index contributed by atoms with van der Waals surface area (Å²) in [7, 11) is 0. The van der Waals surface area contributed by atoms with Gasteiger partial charge in [0.1, 0.15) is 35.2 Å². The van der Waals surface area contributed by atoms with E-state index in [1.807, 2.05) is 11.0 Å². The Kier molecular flexibility index (Phi) is 10.4. The van der Waals surface area contributed by atoms with Crippen LogP contribution in [0, 0.1) is 22.6 Å². The third-order valence-electron chi connectivity index (χ3n) is 13.5. The van der Waals surface area contributed by atoms with Crippen LogP contribution in [0.4, 0.5) is 15.9 Å². The number of benzene rings is 2. The zero-order valence-corrected chi connectivity index (χ0v) is 33.8. The van der Waals surface area contributed by atoms with Gasteiger partial charge in [0.15, 0.2) is 0 Å². The first-order valence-corrected chi connectivity index (χ1v) is 21.1. The number of aromatic nitrogens is 2. The molecular formula is C43H45ClFN9O6. The van der Waals surface area contributed by atoms with Crippen molar-refractivity contribution in [3.63, 3.8) is 0 Å². The second-order valence-corrected chi connectivity index (χ2v) is 17.4. The maximum absolute atomic E-state index is 15.9. The fourth-order valence-corrected chi connectivity index (χ4v) is 10.5. The number of imide groups is 2. The molecule has 5 aliphatic heterocycles. The van der Waals surface area contributed by atoms with Crippen molar-refractivity contribution in [3.05, 3.63) is 75.9 Å². The van der Waals surface area contributed by atoms with E-state index in [9.17, 15) is 24.0 Å². The van der Waals surface area contributed by atoms with E-state index in [2.05, 4.69) is 19.8 Å². The van der Waals surface area contributed by atoms with Gasteiger partial charge in [-0.25, -0.2) is 14.4 Å². The van der Waals surface area contributed by atoms with Crippen LogP contribution in [0.25, 0.3) is 0 Å². The van der Waals surface area contributed by atoms with Crippen LogP contribution in [-0.2, 0) is 9.59 Å². The number of ether oxygens (including phenoxy) is 1. The minimum Gasteiger partial charge on any atom is -0.490 e. The minimum atomic E-state index is -1.17. The predicted octanol–water partition coefficient (Wildman–Crippen LogP) is 4.31. The monoisotopic (exact) mass is 837 g/mol.